The van der Waals surface area contributed by atoms with Gasteiger partial charge in [0.15, 0.2) is 22.2 Å². The number of carbonyl (C=O) groups excluding carboxylic acids is 1. The first-order valence-corrected chi connectivity index (χ1v) is 18.2. The Bertz CT molecular complexity index is 642. The van der Waals surface area contributed by atoms with Crippen molar-refractivity contribution >= 4 is 22.4 Å². The molecule has 0 unspecified atom stereocenters. The van der Waals surface area contributed by atoms with Gasteiger partial charge in [0.25, 0.3) is 0 Å². The fourth-order valence-electron chi connectivity index (χ4n) is 2.14. The lowest BCUT2D eigenvalue weighted by molar-refractivity contribution is -0.146. The van der Waals surface area contributed by atoms with Gasteiger partial charge in [0.2, 0.25) is 0 Å². The molecule has 0 aliphatic heterocycles. The van der Waals surface area contributed by atoms with Crippen LogP contribution in [0.5, 0.6) is 0 Å². The zero-order valence-electron chi connectivity index (χ0n) is 21.5. The van der Waals surface area contributed by atoms with E-state index in [-0.39, 0.29) is 30.0 Å². The maximum atomic E-state index is 10.7. The van der Waals surface area contributed by atoms with Crippen molar-refractivity contribution in [3.63, 3.8) is 0 Å². The van der Waals surface area contributed by atoms with Crippen LogP contribution in [-0.2, 0) is 18.7 Å². The van der Waals surface area contributed by atoms with Crippen LogP contribution in [0, 0.1) is 33.1 Å². The van der Waals surface area contributed by atoms with Crippen molar-refractivity contribution in [2.75, 3.05) is 13.7 Å². The maximum absolute atomic E-state index is 10.7. The first-order chi connectivity index (χ1) is 14.0. The van der Waals surface area contributed by atoms with E-state index in [0.29, 0.717) is 0 Å². The summed E-state index contributed by atoms with van der Waals surface area (Å²) >= 11 is 0. The summed E-state index contributed by atoms with van der Waals surface area (Å²) in [7, 11) is -1.28. The zero-order valence-corrected chi connectivity index (χ0v) is 23.5. The first-order valence-electron chi connectivity index (χ1n) is 11.2. The molecule has 3 saturated carbocycles. The number of ether oxygens (including phenoxy) is 2. The Kier molecular flexibility index (Phi) is 13.3. The third-order valence-electron chi connectivity index (χ3n) is 4.84. The fourth-order valence-corrected chi connectivity index (χ4v) is 3.52. The molecule has 32 heavy (non-hydrogen) atoms. The summed E-state index contributed by atoms with van der Waals surface area (Å²) in [6.45, 7) is 19.4. The van der Waals surface area contributed by atoms with Crippen LogP contribution in [0.25, 0.3) is 0 Å². The van der Waals surface area contributed by atoms with Crippen LogP contribution in [0.4, 0.5) is 0 Å². The monoisotopic (exact) mass is 484 g/mol. The average Bonchev–Trinajstić information content (AvgIpc) is 3.57. The van der Waals surface area contributed by atoms with Crippen molar-refractivity contribution in [3.05, 3.63) is 0 Å². The van der Waals surface area contributed by atoms with E-state index in [9.17, 15) is 4.79 Å². The maximum Gasteiger partial charge on any atom is 0.311 e. The minimum atomic E-state index is -1.39. The lowest BCUT2D eigenvalue weighted by atomic mass is 10.1. The molecule has 0 amide bonds. The van der Waals surface area contributed by atoms with Crippen LogP contribution >= 0.6 is 0 Å². The van der Waals surface area contributed by atoms with Crippen LogP contribution in [0.2, 0.25) is 39.3 Å². The third-order valence-corrected chi connectivity index (χ3v) is 6.50. The molecule has 0 aromatic heterocycles. The highest BCUT2D eigenvalue weighted by atomic mass is 28.4. The first kappa shape index (κ1) is 33.0. The van der Waals surface area contributed by atoms with E-state index in [1.807, 2.05) is 40.4 Å². The molecule has 3 aliphatic carbocycles. The standard InChI is InChI=1S/C8H18O2Si.C6H10O2.C5H7N.C4H9NSi.CH4/c1-5-9-8(6-7-8)10-11(2,3)4;1-6(3-4-6)5(7)8-2;1-5(4-6)2-3-5;1-6(2,3)4-5;/h5-7H2,1-4H3;3-4H2,1-2H3;2-3H2,1H3;1-3H3;1H4. The van der Waals surface area contributed by atoms with Crippen LogP contribution in [0.3, 0.4) is 0 Å². The highest BCUT2D eigenvalue weighted by Gasteiger charge is 2.48. The van der Waals surface area contributed by atoms with Crippen LogP contribution in [-0.4, -0.2) is 41.9 Å². The van der Waals surface area contributed by atoms with Gasteiger partial charge in [0.1, 0.15) is 0 Å². The molecule has 3 rings (SSSR count). The summed E-state index contributed by atoms with van der Waals surface area (Å²) in [5.41, 5.74) is 2.24. The van der Waals surface area contributed by atoms with Crippen LogP contribution in [0.15, 0.2) is 0 Å². The van der Waals surface area contributed by atoms with Gasteiger partial charge in [-0.05, 0) is 66.1 Å². The Morgan fingerprint density at radius 2 is 1.38 bits per heavy atom. The quantitative estimate of drug-likeness (QED) is 0.246. The molecule has 6 nitrogen and oxygen atoms in total. The van der Waals surface area contributed by atoms with E-state index < -0.39 is 16.4 Å². The van der Waals surface area contributed by atoms with Crippen LogP contribution < -0.4 is 0 Å². The predicted octanol–water partition coefficient (Wildman–Crippen LogP) is 6.66. The molecule has 0 aromatic rings. The number of methoxy groups -OCH3 is 1. The number of rotatable bonds is 5. The second kappa shape index (κ2) is 12.9. The van der Waals surface area contributed by atoms with E-state index in [1.54, 1.807) is 0 Å². The summed E-state index contributed by atoms with van der Waals surface area (Å²) < 4.78 is 16.0. The van der Waals surface area contributed by atoms with Crippen molar-refractivity contribution in [1.82, 2.24) is 0 Å². The molecule has 0 heterocycles. The van der Waals surface area contributed by atoms with Crippen molar-refractivity contribution < 1.29 is 18.7 Å². The number of esters is 1. The zero-order chi connectivity index (χ0) is 24.6. The van der Waals surface area contributed by atoms with E-state index in [1.165, 1.54) is 7.11 Å². The number of hydrogen-bond donors (Lipinski definition) is 0. The molecule has 0 radical (unpaired) electrons. The lowest BCUT2D eigenvalue weighted by Crippen LogP contribution is -2.34. The number of nitrogens with zero attached hydrogens (tertiary/aromatic N) is 2. The van der Waals surface area contributed by atoms with Gasteiger partial charge in [0.05, 0.1) is 24.0 Å². The van der Waals surface area contributed by atoms with Gasteiger partial charge in [-0.3, -0.25) is 4.79 Å². The van der Waals surface area contributed by atoms with Crippen molar-refractivity contribution in [2.24, 2.45) is 10.8 Å². The Balaban J connectivity index is 0. The highest BCUT2D eigenvalue weighted by molar-refractivity contribution is 6.83. The van der Waals surface area contributed by atoms with Crippen molar-refractivity contribution in [1.29, 1.82) is 10.5 Å². The molecule has 186 valence electrons. The van der Waals surface area contributed by atoms with E-state index in [4.69, 9.17) is 19.7 Å². The molecular formula is C24H48N2O4Si2. The number of nitriles is 2. The fraction of sp³-hybridized carbons (Fsp3) is 0.875. The summed E-state index contributed by atoms with van der Waals surface area (Å²) in [5.74, 6) is -0.211. The van der Waals surface area contributed by atoms with Gasteiger partial charge < -0.3 is 13.9 Å². The predicted molar refractivity (Wildman–Crippen MR) is 136 cm³/mol. The van der Waals surface area contributed by atoms with Crippen LogP contribution in [0.1, 0.15) is 66.7 Å². The molecule has 0 N–H and O–H groups in total. The van der Waals surface area contributed by atoms with Gasteiger partial charge in [-0.15, -0.1) is 0 Å². The second-order valence-electron chi connectivity index (χ2n) is 11.1. The SMILES string of the molecule is C.CC1(C#N)CC1.CCOC1(O[Si](C)(C)C)CC1.COC(=O)C1(C)CC1.C[Si](C)(C)C#N. The molecule has 8 heteroatoms. The number of carbonyl (C=O) groups is 1. The normalized spacial score (nSPS) is 19.8. The summed E-state index contributed by atoms with van der Waals surface area (Å²) in [4.78, 5) is 10.7. The molecule has 3 fully saturated rings. The Hall–Kier alpha value is -1.20. The highest BCUT2D eigenvalue weighted by Crippen LogP contribution is 2.46. The summed E-state index contributed by atoms with van der Waals surface area (Å²) in [6, 6.07) is 2.22. The van der Waals surface area contributed by atoms with E-state index in [2.05, 4.69) is 36.1 Å². The summed E-state index contributed by atoms with van der Waals surface area (Å²) in [5, 5.41) is 16.4. The van der Waals surface area contributed by atoms with Gasteiger partial charge in [-0.25, -0.2) is 5.26 Å². The van der Waals surface area contributed by atoms with Gasteiger partial charge in [-0.1, -0.05) is 27.1 Å². The number of hydrogen-bond acceptors (Lipinski definition) is 6. The Morgan fingerprint density at radius 3 is 1.50 bits per heavy atom. The summed E-state index contributed by atoms with van der Waals surface area (Å²) in [6.07, 6.45) is 6.41. The topological polar surface area (TPSA) is 92.3 Å². The minimum Gasteiger partial charge on any atom is -0.469 e. The Labute approximate surface area is 199 Å². The molecule has 3 aliphatic rings. The Morgan fingerprint density at radius 1 is 0.938 bits per heavy atom. The molecule has 0 saturated heterocycles. The van der Waals surface area contributed by atoms with Gasteiger partial charge >= 0.3 is 5.97 Å². The van der Waals surface area contributed by atoms with Gasteiger partial charge in [0, 0.05) is 25.1 Å². The van der Waals surface area contributed by atoms with Crippen molar-refractivity contribution in [3.8, 4) is 11.8 Å². The van der Waals surface area contributed by atoms with Crippen molar-refractivity contribution in [2.45, 2.75) is 112 Å². The van der Waals surface area contributed by atoms with Gasteiger partial charge in [-0.2, -0.15) is 5.26 Å². The molecule has 0 bridgehead atoms. The molecule has 0 aromatic carbocycles. The molecule has 0 spiro atoms. The minimum absolute atomic E-state index is 0. The van der Waals surface area contributed by atoms with E-state index >= 15 is 0 Å². The third kappa shape index (κ3) is 15.6. The smallest absolute Gasteiger partial charge is 0.311 e. The van der Waals surface area contributed by atoms with E-state index in [0.717, 1.165) is 45.1 Å². The average molecular weight is 485 g/mol. The lowest BCUT2D eigenvalue weighted by Gasteiger charge is -2.25. The molecule has 0 atom stereocenters. The largest absolute Gasteiger partial charge is 0.469 e. The second-order valence-corrected chi connectivity index (χ2v) is 20.3. The molecular weight excluding hydrogens is 436 g/mol.